The second kappa shape index (κ2) is 6.95. The van der Waals surface area contributed by atoms with Crippen LogP contribution in [0.5, 0.6) is 11.5 Å². The molecule has 0 spiro atoms. The van der Waals surface area contributed by atoms with Crippen molar-refractivity contribution in [2.24, 2.45) is 5.92 Å². The Morgan fingerprint density at radius 1 is 1.20 bits per heavy atom. The van der Waals surface area contributed by atoms with E-state index in [1.165, 1.54) is 18.4 Å². The second-order valence-corrected chi connectivity index (χ2v) is 5.53. The molecule has 2 unspecified atom stereocenters. The number of benzene rings is 1. The predicted octanol–water partition coefficient (Wildman–Crippen LogP) is 2.31. The van der Waals surface area contributed by atoms with E-state index in [1.54, 1.807) is 14.2 Å². The average molecular weight is 278 g/mol. The highest BCUT2D eigenvalue weighted by Gasteiger charge is 2.30. The van der Waals surface area contributed by atoms with E-state index in [1.807, 2.05) is 13.1 Å². The highest BCUT2D eigenvalue weighted by molar-refractivity contribution is 5.40. The van der Waals surface area contributed by atoms with Gasteiger partial charge in [0.15, 0.2) is 0 Å². The molecule has 4 heteroatoms. The zero-order chi connectivity index (χ0) is 14.5. The first-order valence-electron chi connectivity index (χ1n) is 7.27. The van der Waals surface area contributed by atoms with E-state index in [9.17, 15) is 0 Å². The molecule has 0 bridgehead atoms. The van der Waals surface area contributed by atoms with Gasteiger partial charge in [-0.05, 0) is 63.6 Å². The summed E-state index contributed by atoms with van der Waals surface area (Å²) >= 11 is 0. The van der Waals surface area contributed by atoms with Crippen molar-refractivity contribution in [3.63, 3.8) is 0 Å². The molecule has 1 aromatic carbocycles. The maximum absolute atomic E-state index is 5.40. The minimum absolute atomic E-state index is 0.417. The van der Waals surface area contributed by atoms with Crippen LogP contribution in [0.15, 0.2) is 18.2 Å². The molecule has 112 valence electrons. The molecule has 1 aliphatic heterocycles. The average Bonchev–Trinajstić information content (AvgIpc) is 2.47. The number of nitrogens with one attached hydrogen (secondary N) is 1. The number of methoxy groups -OCH3 is 2. The van der Waals surface area contributed by atoms with Gasteiger partial charge in [-0.25, -0.2) is 0 Å². The van der Waals surface area contributed by atoms with Gasteiger partial charge in [0.1, 0.15) is 11.5 Å². The lowest BCUT2D eigenvalue weighted by atomic mass is 9.84. The summed E-state index contributed by atoms with van der Waals surface area (Å²) < 4.78 is 10.8. The van der Waals surface area contributed by atoms with Gasteiger partial charge in [-0.3, -0.25) is 4.90 Å². The van der Waals surface area contributed by atoms with Crippen molar-refractivity contribution in [3.05, 3.63) is 23.8 Å². The van der Waals surface area contributed by atoms with Crippen LogP contribution in [0.1, 0.15) is 24.4 Å². The highest BCUT2D eigenvalue weighted by atomic mass is 16.5. The molecule has 20 heavy (non-hydrogen) atoms. The van der Waals surface area contributed by atoms with Crippen molar-refractivity contribution < 1.29 is 9.47 Å². The molecular weight excluding hydrogens is 252 g/mol. The summed E-state index contributed by atoms with van der Waals surface area (Å²) in [6, 6.07) is 6.62. The largest absolute Gasteiger partial charge is 0.497 e. The molecule has 4 nitrogen and oxygen atoms in total. The van der Waals surface area contributed by atoms with Crippen LogP contribution in [0, 0.1) is 5.92 Å². The zero-order valence-electron chi connectivity index (χ0n) is 13.0. The van der Waals surface area contributed by atoms with Crippen molar-refractivity contribution >= 4 is 0 Å². The maximum atomic E-state index is 5.40. The lowest BCUT2D eigenvalue weighted by Crippen LogP contribution is -2.39. The molecule has 1 saturated heterocycles. The number of nitrogens with zero attached hydrogens (tertiary/aromatic N) is 1. The van der Waals surface area contributed by atoms with Crippen molar-refractivity contribution in [2.45, 2.75) is 18.9 Å². The van der Waals surface area contributed by atoms with Gasteiger partial charge in [-0.1, -0.05) is 0 Å². The van der Waals surface area contributed by atoms with Crippen LogP contribution >= 0.6 is 0 Å². The van der Waals surface area contributed by atoms with Crippen LogP contribution in [0.2, 0.25) is 0 Å². The number of ether oxygens (including phenoxy) is 2. The van der Waals surface area contributed by atoms with Crippen molar-refractivity contribution in [1.82, 2.24) is 10.2 Å². The van der Waals surface area contributed by atoms with Crippen LogP contribution in [0.25, 0.3) is 0 Å². The normalized spacial score (nSPS) is 23.6. The molecule has 0 aliphatic carbocycles. The Hall–Kier alpha value is -1.26. The topological polar surface area (TPSA) is 33.7 Å². The molecular formula is C16H26N2O2. The number of piperidine rings is 1. The standard InChI is InChI=1S/C16H26N2O2/c1-17-11-12-6-5-7-18(2)16(12)13-8-14(19-3)10-15(9-13)20-4/h8-10,12,16-17H,5-7,11H2,1-4H3. The van der Waals surface area contributed by atoms with Crippen LogP contribution in [-0.2, 0) is 0 Å². The van der Waals surface area contributed by atoms with Crippen molar-refractivity contribution in [1.29, 1.82) is 0 Å². The number of likely N-dealkylation sites (tertiary alicyclic amines) is 1. The third-order valence-corrected chi connectivity index (χ3v) is 4.19. The predicted molar refractivity (Wildman–Crippen MR) is 81.6 cm³/mol. The van der Waals surface area contributed by atoms with Crippen LogP contribution in [-0.4, -0.2) is 46.3 Å². The first-order valence-corrected chi connectivity index (χ1v) is 7.27. The van der Waals surface area contributed by atoms with Crippen LogP contribution < -0.4 is 14.8 Å². The van der Waals surface area contributed by atoms with Gasteiger partial charge in [0, 0.05) is 12.1 Å². The van der Waals surface area contributed by atoms with E-state index in [-0.39, 0.29) is 0 Å². The van der Waals surface area contributed by atoms with Crippen molar-refractivity contribution in [2.75, 3.05) is 41.4 Å². The SMILES string of the molecule is CNCC1CCCN(C)C1c1cc(OC)cc(OC)c1. The molecule has 2 rings (SSSR count). The number of hydrogen-bond donors (Lipinski definition) is 1. The Bertz CT molecular complexity index is 412. The van der Waals surface area contributed by atoms with Gasteiger partial charge in [0.2, 0.25) is 0 Å². The van der Waals surface area contributed by atoms with E-state index in [2.05, 4.69) is 29.4 Å². The lowest BCUT2D eigenvalue weighted by Gasteiger charge is -2.39. The van der Waals surface area contributed by atoms with Gasteiger partial charge >= 0.3 is 0 Å². The molecule has 1 heterocycles. The van der Waals surface area contributed by atoms with Gasteiger partial charge in [0.25, 0.3) is 0 Å². The molecule has 0 aromatic heterocycles. The Kier molecular flexibility index (Phi) is 5.26. The molecule has 0 radical (unpaired) electrons. The second-order valence-electron chi connectivity index (χ2n) is 5.53. The van der Waals surface area contributed by atoms with Gasteiger partial charge in [-0.15, -0.1) is 0 Å². The Balaban J connectivity index is 2.34. The first kappa shape index (κ1) is 15.1. The zero-order valence-corrected chi connectivity index (χ0v) is 13.0. The third-order valence-electron chi connectivity index (χ3n) is 4.19. The summed E-state index contributed by atoms with van der Waals surface area (Å²) in [5, 5.41) is 3.33. The first-order chi connectivity index (χ1) is 9.69. The van der Waals surface area contributed by atoms with Gasteiger partial charge in [0.05, 0.1) is 14.2 Å². The monoisotopic (exact) mass is 278 g/mol. The Morgan fingerprint density at radius 3 is 2.40 bits per heavy atom. The van der Waals surface area contributed by atoms with Crippen molar-refractivity contribution in [3.8, 4) is 11.5 Å². The van der Waals surface area contributed by atoms with E-state index < -0.39 is 0 Å². The molecule has 2 atom stereocenters. The fraction of sp³-hybridized carbons (Fsp3) is 0.625. The van der Waals surface area contributed by atoms with E-state index >= 15 is 0 Å². The van der Waals surface area contributed by atoms with E-state index in [0.29, 0.717) is 12.0 Å². The fourth-order valence-corrected chi connectivity index (χ4v) is 3.26. The summed E-state index contributed by atoms with van der Waals surface area (Å²) in [7, 11) is 7.64. The number of hydrogen-bond acceptors (Lipinski definition) is 4. The summed E-state index contributed by atoms with van der Waals surface area (Å²) in [5.74, 6) is 2.35. The molecule has 1 aliphatic rings. The van der Waals surface area contributed by atoms with Crippen LogP contribution in [0.4, 0.5) is 0 Å². The van der Waals surface area contributed by atoms with Crippen LogP contribution in [0.3, 0.4) is 0 Å². The molecule has 1 aromatic rings. The Labute approximate surface area is 122 Å². The lowest BCUT2D eigenvalue weighted by molar-refractivity contribution is 0.120. The summed E-state index contributed by atoms with van der Waals surface area (Å²) in [6.07, 6.45) is 2.52. The minimum Gasteiger partial charge on any atom is -0.497 e. The van der Waals surface area contributed by atoms with Gasteiger partial charge in [-0.2, -0.15) is 0 Å². The summed E-state index contributed by atoms with van der Waals surface area (Å²) in [4.78, 5) is 2.44. The summed E-state index contributed by atoms with van der Waals surface area (Å²) in [5.41, 5.74) is 1.28. The third kappa shape index (κ3) is 3.25. The van der Waals surface area contributed by atoms with E-state index in [4.69, 9.17) is 9.47 Å². The van der Waals surface area contributed by atoms with Gasteiger partial charge < -0.3 is 14.8 Å². The fourth-order valence-electron chi connectivity index (χ4n) is 3.26. The summed E-state index contributed by atoms with van der Waals surface area (Å²) in [6.45, 7) is 2.18. The molecule has 1 N–H and O–H groups in total. The van der Waals surface area contributed by atoms with E-state index in [0.717, 1.165) is 24.6 Å². The molecule has 0 saturated carbocycles. The molecule has 1 fully saturated rings. The smallest absolute Gasteiger partial charge is 0.122 e. The highest BCUT2D eigenvalue weighted by Crippen LogP contribution is 2.37. The number of rotatable bonds is 5. The minimum atomic E-state index is 0.417. The Morgan fingerprint density at radius 2 is 1.85 bits per heavy atom. The quantitative estimate of drug-likeness (QED) is 0.896. The maximum Gasteiger partial charge on any atom is 0.122 e. The molecule has 0 amide bonds.